The number of aromatic nitrogens is 2. The Hall–Kier alpha value is -3.56. The highest BCUT2D eigenvalue weighted by Crippen LogP contribution is 2.28. The molecule has 2 amide bonds. The van der Waals surface area contributed by atoms with Crippen LogP contribution >= 0.6 is 11.3 Å². The molecule has 37 heavy (non-hydrogen) atoms. The molecule has 2 aromatic carbocycles. The van der Waals surface area contributed by atoms with Crippen LogP contribution in [0, 0.1) is 5.92 Å². The smallest absolute Gasteiger partial charge is 0.264 e. The average molecular weight is 515 g/mol. The van der Waals surface area contributed by atoms with Crippen molar-refractivity contribution in [1.82, 2.24) is 25.1 Å². The predicted molar refractivity (Wildman–Crippen MR) is 147 cm³/mol. The van der Waals surface area contributed by atoms with Gasteiger partial charge in [-0.1, -0.05) is 44.2 Å². The van der Waals surface area contributed by atoms with E-state index in [1.807, 2.05) is 73.3 Å². The first kappa shape index (κ1) is 23.8. The topological polar surface area (TPSA) is 90.5 Å². The summed E-state index contributed by atoms with van der Waals surface area (Å²) in [5.41, 5.74) is 0.854. The van der Waals surface area contributed by atoms with Crippen LogP contribution in [0.4, 0.5) is 5.82 Å². The molecule has 2 atom stereocenters. The lowest BCUT2D eigenvalue weighted by Gasteiger charge is -2.41. The van der Waals surface area contributed by atoms with Crippen LogP contribution in [-0.2, 0) is 11.3 Å². The van der Waals surface area contributed by atoms with Gasteiger partial charge in [-0.3, -0.25) is 14.5 Å². The van der Waals surface area contributed by atoms with Gasteiger partial charge in [-0.25, -0.2) is 9.97 Å². The standard InChI is InChI=1S/C28H30N6O2S/c1-17(2)25-27(35)29-14-19-15-34(28(36)23-13-18-7-3-6-10-22(18)37-23)12-11-33(19)16-24-30-21-9-5-4-8-20(21)26(31-24)32-25/h3-10,13,17,19,25H,11-12,14-16H2,1-2H3,(H,29,35)(H,30,31,32)/t19?,25-/m0/s1. The van der Waals surface area contributed by atoms with Gasteiger partial charge in [-0.05, 0) is 35.6 Å². The zero-order valence-electron chi connectivity index (χ0n) is 21.0. The van der Waals surface area contributed by atoms with Crippen molar-refractivity contribution >= 4 is 50.0 Å². The Morgan fingerprint density at radius 3 is 2.73 bits per heavy atom. The number of carbonyl (C=O) groups excluding carboxylic acids is 2. The maximum atomic E-state index is 13.5. The van der Waals surface area contributed by atoms with Gasteiger partial charge >= 0.3 is 0 Å². The SMILES string of the molecule is CC(C)[C@@H]1Nc2nc(nc3ccccc23)CN2CCN(C(=O)c3cc4ccccc4s3)CC2CNC1=O. The van der Waals surface area contributed by atoms with Crippen molar-refractivity contribution in [3.63, 3.8) is 0 Å². The number of para-hydroxylation sites is 1. The van der Waals surface area contributed by atoms with Crippen molar-refractivity contribution in [2.45, 2.75) is 32.5 Å². The molecule has 1 unspecified atom stereocenters. The minimum atomic E-state index is -0.433. The van der Waals surface area contributed by atoms with Crippen LogP contribution < -0.4 is 10.6 Å². The molecular weight excluding hydrogens is 484 g/mol. The van der Waals surface area contributed by atoms with Crippen LogP contribution in [0.25, 0.3) is 21.0 Å². The molecule has 1 saturated heterocycles. The molecule has 2 N–H and O–H groups in total. The molecule has 0 saturated carbocycles. The van der Waals surface area contributed by atoms with Gasteiger partial charge in [0.25, 0.3) is 5.91 Å². The maximum Gasteiger partial charge on any atom is 0.264 e. The number of amides is 2. The summed E-state index contributed by atoms with van der Waals surface area (Å²) in [5.74, 6) is 1.45. The number of fused-ring (bicyclic) bond motifs is 6. The monoisotopic (exact) mass is 514 g/mol. The van der Waals surface area contributed by atoms with Crippen LogP contribution in [0.5, 0.6) is 0 Å². The number of hydrogen-bond acceptors (Lipinski definition) is 7. The van der Waals surface area contributed by atoms with Crippen LogP contribution in [0.2, 0.25) is 0 Å². The molecule has 2 aliphatic rings. The number of anilines is 1. The summed E-state index contributed by atoms with van der Waals surface area (Å²) in [6.45, 7) is 6.90. The first-order valence-electron chi connectivity index (χ1n) is 12.8. The van der Waals surface area contributed by atoms with E-state index in [1.54, 1.807) is 0 Å². The maximum absolute atomic E-state index is 13.5. The average Bonchev–Trinajstić information content (AvgIpc) is 3.34. The Kier molecular flexibility index (Phi) is 6.26. The second-order valence-electron chi connectivity index (χ2n) is 10.1. The summed E-state index contributed by atoms with van der Waals surface area (Å²) >= 11 is 1.53. The summed E-state index contributed by atoms with van der Waals surface area (Å²) in [5, 5.41) is 8.56. The van der Waals surface area contributed by atoms with Crippen molar-refractivity contribution in [1.29, 1.82) is 0 Å². The highest BCUT2D eigenvalue weighted by atomic mass is 32.1. The number of carbonyl (C=O) groups is 2. The Balaban J connectivity index is 1.30. The van der Waals surface area contributed by atoms with Gasteiger partial charge in [0.05, 0.1) is 16.9 Å². The molecule has 0 spiro atoms. The van der Waals surface area contributed by atoms with E-state index in [0.29, 0.717) is 44.4 Å². The molecular formula is C28H30N6O2S. The lowest BCUT2D eigenvalue weighted by molar-refractivity contribution is -0.123. The van der Waals surface area contributed by atoms with E-state index in [9.17, 15) is 9.59 Å². The Morgan fingerprint density at radius 1 is 1.08 bits per heavy atom. The fourth-order valence-corrected chi connectivity index (χ4v) is 6.25. The van der Waals surface area contributed by atoms with Gasteiger partial charge in [-0.2, -0.15) is 0 Å². The van der Waals surface area contributed by atoms with Gasteiger partial charge in [0, 0.05) is 42.3 Å². The van der Waals surface area contributed by atoms with Crippen molar-refractivity contribution in [3.05, 3.63) is 65.3 Å². The van der Waals surface area contributed by atoms with E-state index in [-0.39, 0.29) is 23.8 Å². The fourth-order valence-electron chi connectivity index (χ4n) is 5.22. The van der Waals surface area contributed by atoms with Gasteiger partial charge in [0.15, 0.2) is 0 Å². The number of nitrogens with one attached hydrogen (secondary N) is 2. The van der Waals surface area contributed by atoms with Crippen molar-refractivity contribution in [2.75, 3.05) is 31.5 Å². The number of nitrogens with zero attached hydrogens (tertiary/aromatic N) is 4. The largest absolute Gasteiger partial charge is 0.358 e. The number of piperazine rings is 1. The van der Waals surface area contributed by atoms with Crippen LogP contribution in [0.3, 0.4) is 0 Å². The highest BCUT2D eigenvalue weighted by Gasteiger charge is 2.33. The third kappa shape index (κ3) is 4.65. The first-order chi connectivity index (χ1) is 18.0. The third-order valence-corrected chi connectivity index (χ3v) is 8.38. The Bertz CT molecular complexity index is 1450. The quantitative estimate of drug-likeness (QED) is 0.424. The summed E-state index contributed by atoms with van der Waals surface area (Å²) in [7, 11) is 0. The van der Waals surface area contributed by atoms with Gasteiger partial charge < -0.3 is 15.5 Å². The molecule has 0 radical (unpaired) electrons. The lowest BCUT2D eigenvalue weighted by atomic mass is 10.0. The summed E-state index contributed by atoms with van der Waals surface area (Å²) in [6.07, 6.45) is 0. The Labute approximate surface area is 219 Å². The van der Waals surface area contributed by atoms with Crippen LogP contribution in [0.15, 0.2) is 54.6 Å². The van der Waals surface area contributed by atoms with Crippen LogP contribution in [0.1, 0.15) is 29.3 Å². The fraction of sp³-hybridized carbons (Fsp3) is 0.357. The van der Waals surface area contributed by atoms with Gasteiger partial charge in [0.2, 0.25) is 5.91 Å². The number of thiophene rings is 1. The molecule has 8 nitrogen and oxygen atoms in total. The van der Waals surface area contributed by atoms with E-state index < -0.39 is 6.04 Å². The number of benzene rings is 2. The Morgan fingerprint density at radius 2 is 1.89 bits per heavy atom. The van der Waals surface area contributed by atoms with Crippen molar-refractivity contribution in [3.8, 4) is 0 Å². The summed E-state index contributed by atoms with van der Waals surface area (Å²) in [4.78, 5) is 41.4. The van der Waals surface area contributed by atoms with E-state index >= 15 is 0 Å². The second kappa shape index (κ2) is 9.72. The zero-order chi connectivity index (χ0) is 25.5. The van der Waals surface area contributed by atoms with Crippen molar-refractivity contribution < 1.29 is 9.59 Å². The zero-order valence-corrected chi connectivity index (χ0v) is 21.8. The molecule has 2 bridgehead atoms. The molecule has 9 heteroatoms. The van der Waals surface area contributed by atoms with E-state index in [0.717, 1.165) is 25.9 Å². The van der Waals surface area contributed by atoms with Gasteiger partial charge in [-0.15, -0.1) is 11.3 Å². The normalized spacial score (nSPS) is 20.8. The lowest BCUT2D eigenvalue weighted by Crippen LogP contribution is -2.58. The van der Waals surface area contributed by atoms with E-state index in [4.69, 9.17) is 9.97 Å². The van der Waals surface area contributed by atoms with Crippen molar-refractivity contribution in [2.24, 2.45) is 5.92 Å². The molecule has 1 fully saturated rings. The molecule has 0 aliphatic carbocycles. The molecule has 2 aliphatic heterocycles. The third-order valence-electron chi connectivity index (χ3n) is 7.28. The minimum Gasteiger partial charge on any atom is -0.358 e. The summed E-state index contributed by atoms with van der Waals surface area (Å²) in [6, 6.07) is 17.5. The first-order valence-corrected chi connectivity index (χ1v) is 13.6. The molecule has 4 heterocycles. The molecule has 4 aromatic rings. The van der Waals surface area contributed by atoms with E-state index in [2.05, 4.69) is 15.5 Å². The summed E-state index contributed by atoms with van der Waals surface area (Å²) < 4.78 is 1.11. The van der Waals surface area contributed by atoms with Crippen LogP contribution in [-0.4, -0.2) is 69.8 Å². The molecule has 190 valence electrons. The predicted octanol–water partition coefficient (Wildman–Crippen LogP) is 3.74. The molecule has 6 rings (SSSR count). The van der Waals surface area contributed by atoms with E-state index in [1.165, 1.54) is 11.3 Å². The molecule has 2 aromatic heterocycles. The minimum absolute atomic E-state index is 0.0412. The number of rotatable bonds is 2. The highest BCUT2D eigenvalue weighted by molar-refractivity contribution is 7.20. The second-order valence-corrected chi connectivity index (χ2v) is 11.2. The van der Waals surface area contributed by atoms with Gasteiger partial charge in [0.1, 0.15) is 17.7 Å². The number of hydrogen-bond donors (Lipinski definition) is 2.